The van der Waals surface area contributed by atoms with Crippen LogP contribution in [-0.2, 0) is 0 Å². The molecule has 4 rings (SSSR count). The van der Waals surface area contributed by atoms with E-state index in [1.165, 1.54) is 17.3 Å². The smallest absolute Gasteiger partial charge is 0.173 e. The molecule has 26 heavy (non-hydrogen) atoms. The number of halogens is 1. The molecule has 0 fully saturated rings. The van der Waals surface area contributed by atoms with Crippen LogP contribution in [0.1, 0.15) is 22.3 Å². The van der Waals surface area contributed by atoms with Gasteiger partial charge in [0.1, 0.15) is 5.84 Å². The Hall–Kier alpha value is -2.57. The zero-order valence-corrected chi connectivity index (χ0v) is 15.9. The minimum Gasteiger partial charge on any atom is -0.339 e. The van der Waals surface area contributed by atoms with Crippen molar-refractivity contribution in [3.05, 3.63) is 69.6 Å². The highest BCUT2D eigenvalue weighted by Gasteiger charge is 2.31. The van der Waals surface area contributed by atoms with Gasteiger partial charge in [-0.05, 0) is 48.9 Å². The number of amidine groups is 3. The molecule has 2 aromatic rings. The van der Waals surface area contributed by atoms with Crippen molar-refractivity contribution in [3.63, 3.8) is 0 Å². The highest BCUT2D eigenvalue weighted by Crippen LogP contribution is 2.38. The van der Waals surface area contributed by atoms with Crippen LogP contribution in [0.15, 0.2) is 52.4 Å². The Morgan fingerprint density at radius 2 is 1.77 bits per heavy atom. The number of nitrogens with one attached hydrogen (secondary N) is 4. The van der Waals surface area contributed by atoms with Crippen molar-refractivity contribution in [2.24, 2.45) is 4.99 Å². The average Bonchev–Trinajstić information content (AvgIpc) is 3.12. The van der Waals surface area contributed by atoms with Crippen LogP contribution in [0, 0.1) is 24.7 Å². The standard InChI is InChI=1S/C19H17N5S.ClH/c1-10-8-9-13-14(11(10)2)15(23-17(13)20)16-18(21)24-19(25-16)22-12-6-4-3-5-7-12;/h3-9H,1-2H3,(H2,20,23)(H2,21,22,24);1H/b16-15+;. The summed E-state index contributed by atoms with van der Waals surface area (Å²) in [5.41, 5.74) is 5.94. The number of fused-ring (bicyclic) bond motifs is 1. The van der Waals surface area contributed by atoms with E-state index in [1.54, 1.807) is 0 Å². The van der Waals surface area contributed by atoms with Crippen LogP contribution in [0.5, 0.6) is 0 Å². The van der Waals surface area contributed by atoms with Gasteiger partial charge in [-0.15, -0.1) is 12.4 Å². The number of hydrogen-bond donors (Lipinski definition) is 4. The van der Waals surface area contributed by atoms with E-state index in [2.05, 4.69) is 29.5 Å². The Balaban J connectivity index is 0.00000196. The molecule has 0 amide bonds. The predicted octanol–water partition coefficient (Wildman–Crippen LogP) is 4.51. The van der Waals surface area contributed by atoms with Gasteiger partial charge in [0.2, 0.25) is 0 Å². The van der Waals surface area contributed by atoms with E-state index >= 15 is 0 Å². The summed E-state index contributed by atoms with van der Waals surface area (Å²) in [6.07, 6.45) is 0. The Labute approximate surface area is 162 Å². The number of nitrogens with zero attached hydrogens (tertiary/aromatic N) is 1. The van der Waals surface area contributed by atoms with E-state index in [9.17, 15) is 0 Å². The summed E-state index contributed by atoms with van der Waals surface area (Å²) >= 11 is 1.43. The summed E-state index contributed by atoms with van der Waals surface area (Å²) in [6, 6.07) is 13.8. The van der Waals surface area contributed by atoms with Crippen molar-refractivity contribution in [2.45, 2.75) is 13.8 Å². The summed E-state index contributed by atoms with van der Waals surface area (Å²) in [5, 5.41) is 23.5. The van der Waals surface area contributed by atoms with E-state index in [0.29, 0.717) is 11.0 Å². The number of aliphatic imine (C=N–C) groups is 1. The molecule has 2 aliphatic heterocycles. The van der Waals surface area contributed by atoms with Gasteiger partial charge in [0, 0.05) is 16.8 Å². The Morgan fingerprint density at radius 3 is 2.50 bits per heavy atom. The first-order valence-electron chi connectivity index (χ1n) is 7.93. The summed E-state index contributed by atoms with van der Waals surface area (Å²) in [5.74, 6) is 0.589. The van der Waals surface area contributed by atoms with Crippen LogP contribution < -0.4 is 10.6 Å². The largest absolute Gasteiger partial charge is 0.339 e. The molecule has 0 aromatic heterocycles. The van der Waals surface area contributed by atoms with E-state index < -0.39 is 0 Å². The maximum Gasteiger partial charge on any atom is 0.173 e. The molecule has 0 radical (unpaired) electrons. The number of hydrogen-bond acceptors (Lipinski definition) is 4. The second kappa shape index (κ2) is 6.97. The normalized spacial score (nSPS) is 18.2. The van der Waals surface area contributed by atoms with Crippen molar-refractivity contribution in [3.8, 4) is 0 Å². The molecule has 2 aliphatic rings. The third-order valence-corrected chi connectivity index (χ3v) is 5.37. The van der Waals surface area contributed by atoms with Crippen LogP contribution in [0.4, 0.5) is 5.69 Å². The number of anilines is 1. The highest BCUT2D eigenvalue weighted by atomic mass is 35.5. The van der Waals surface area contributed by atoms with Crippen LogP contribution >= 0.6 is 24.2 Å². The molecule has 0 bridgehead atoms. The van der Waals surface area contributed by atoms with Gasteiger partial charge in [0.25, 0.3) is 0 Å². The highest BCUT2D eigenvalue weighted by molar-refractivity contribution is 8.19. The monoisotopic (exact) mass is 383 g/mol. The molecular formula is C19H18ClN5S. The van der Waals surface area contributed by atoms with Crippen molar-refractivity contribution >= 4 is 52.4 Å². The maximum absolute atomic E-state index is 8.28. The van der Waals surface area contributed by atoms with Crippen molar-refractivity contribution in [2.75, 3.05) is 5.32 Å². The third kappa shape index (κ3) is 3.02. The Kier molecular flexibility index (Phi) is 4.89. The summed E-state index contributed by atoms with van der Waals surface area (Å²) in [7, 11) is 0. The maximum atomic E-state index is 8.28. The fraction of sp³-hybridized carbons (Fsp3) is 0.105. The van der Waals surface area contributed by atoms with E-state index in [1.807, 2.05) is 42.5 Å². The van der Waals surface area contributed by atoms with Crippen molar-refractivity contribution in [1.29, 1.82) is 10.8 Å². The van der Waals surface area contributed by atoms with Crippen molar-refractivity contribution in [1.82, 2.24) is 5.32 Å². The molecule has 0 unspecified atom stereocenters. The minimum absolute atomic E-state index is 0. The number of aryl methyl sites for hydroxylation is 1. The first-order chi connectivity index (χ1) is 12.0. The molecular weight excluding hydrogens is 366 g/mol. The SMILES string of the molecule is Cc1ccc2c(c1C)/C(=C1\SC(Nc3ccccc3)=NC1=N)NC2=N.Cl. The molecule has 132 valence electrons. The molecule has 0 saturated heterocycles. The molecule has 5 nitrogen and oxygen atoms in total. The number of thioether (sulfide) groups is 1. The van der Waals surface area contributed by atoms with Crippen molar-refractivity contribution < 1.29 is 0 Å². The minimum atomic E-state index is 0. The number of rotatable bonds is 1. The topological polar surface area (TPSA) is 84.1 Å². The molecule has 0 spiro atoms. The second-order valence-electron chi connectivity index (χ2n) is 5.99. The number of para-hydroxylation sites is 1. The van der Waals surface area contributed by atoms with Gasteiger partial charge < -0.3 is 10.6 Å². The van der Waals surface area contributed by atoms with Gasteiger partial charge in [-0.25, -0.2) is 4.99 Å². The molecule has 4 N–H and O–H groups in total. The zero-order chi connectivity index (χ0) is 17.6. The van der Waals surface area contributed by atoms with Gasteiger partial charge in [0.15, 0.2) is 11.0 Å². The summed E-state index contributed by atoms with van der Waals surface area (Å²) < 4.78 is 0. The van der Waals surface area contributed by atoms with Crippen LogP contribution in [-0.4, -0.2) is 16.8 Å². The lowest BCUT2D eigenvalue weighted by Crippen LogP contribution is -2.14. The van der Waals surface area contributed by atoms with Crippen LogP contribution in [0.3, 0.4) is 0 Å². The van der Waals surface area contributed by atoms with Gasteiger partial charge in [-0.2, -0.15) is 0 Å². The Morgan fingerprint density at radius 1 is 1.04 bits per heavy atom. The molecule has 7 heteroatoms. The van der Waals surface area contributed by atoms with E-state index in [0.717, 1.165) is 33.0 Å². The van der Waals surface area contributed by atoms with Crippen LogP contribution in [0.2, 0.25) is 0 Å². The molecule has 0 atom stereocenters. The zero-order valence-electron chi connectivity index (χ0n) is 14.3. The van der Waals surface area contributed by atoms with E-state index in [-0.39, 0.29) is 18.2 Å². The fourth-order valence-electron chi connectivity index (χ4n) is 2.96. The first kappa shape index (κ1) is 18.2. The van der Waals surface area contributed by atoms with E-state index in [4.69, 9.17) is 10.8 Å². The molecule has 0 saturated carbocycles. The average molecular weight is 384 g/mol. The lowest BCUT2D eigenvalue weighted by molar-refractivity contribution is 1.28. The van der Waals surface area contributed by atoms with Gasteiger partial charge >= 0.3 is 0 Å². The lowest BCUT2D eigenvalue weighted by Gasteiger charge is -2.10. The van der Waals surface area contributed by atoms with Gasteiger partial charge in [-0.3, -0.25) is 10.8 Å². The molecule has 0 aliphatic carbocycles. The molecule has 2 heterocycles. The predicted molar refractivity (Wildman–Crippen MR) is 113 cm³/mol. The third-order valence-electron chi connectivity index (χ3n) is 4.38. The Bertz CT molecular complexity index is 979. The summed E-state index contributed by atoms with van der Waals surface area (Å²) in [4.78, 5) is 5.09. The lowest BCUT2D eigenvalue weighted by atomic mass is 9.97. The molecule has 2 aromatic carbocycles. The van der Waals surface area contributed by atoms with Gasteiger partial charge in [0.05, 0.1) is 10.6 Å². The van der Waals surface area contributed by atoms with Gasteiger partial charge in [-0.1, -0.05) is 30.3 Å². The summed E-state index contributed by atoms with van der Waals surface area (Å²) in [6.45, 7) is 4.12. The first-order valence-corrected chi connectivity index (χ1v) is 8.74. The second-order valence-corrected chi connectivity index (χ2v) is 6.99. The number of benzene rings is 2. The fourth-order valence-corrected chi connectivity index (χ4v) is 3.86. The van der Waals surface area contributed by atoms with Crippen LogP contribution in [0.25, 0.3) is 5.70 Å². The quantitative estimate of drug-likeness (QED) is 0.584.